The van der Waals surface area contributed by atoms with Gasteiger partial charge in [-0.05, 0) is 47.4 Å². The van der Waals surface area contributed by atoms with E-state index in [4.69, 9.17) is 0 Å². The standard InChI is InChI=1S/C9H14S2/c10-6-3-1-2-4-9-5-7-11-8-9/h5,7-8,10H,1-4,6H2. The Kier molecular flexibility index (Phi) is 4.71. The van der Waals surface area contributed by atoms with Crippen molar-refractivity contribution in [1.29, 1.82) is 0 Å². The number of hydrogen-bond donors (Lipinski definition) is 1. The minimum absolute atomic E-state index is 1.03. The van der Waals surface area contributed by atoms with Gasteiger partial charge in [-0.2, -0.15) is 24.0 Å². The van der Waals surface area contributed by atoms with Crippen molar-refractivity contribution < 1.29 is 0 Å². The molecular weight excluding hydrogens is 172 g/mol. The van der Waals surface area contributed by atoms with Crippen molar-refractivity contribution in [1.82, 2.24) is 0 Å². The zero-order chi connectivity index (χ0) is 7.94. The van der Waals surface area contributed by atoms with Gasteiger partial charge >= 0.3 is 0 Å². The molecule has 0 aliphatic heterocycles. The van der Waals surface area contributed by atoms with Crippen molar-refractivity contribution >= 4 is 24.0 Å². The Bertz CT molecular complexity index is 168. The normalized spacial score (nSPS) is 10.3. The van der Waals surface area contributed by atoms with Gasteiger partial charge in [0.25, 0.3) is 0 Å². The van der Waals surface area contributed by atoms with E-state index in [1.807, 2.05) is 0 Å². The number of hydrogen-bond acceptors (Lipinski definition) is 2. The third kappa shape index (κ3) is 3.82. The first-order valence-electron chi connectivity index (χ1n) is 4.05. The van der Waals surface area contributed by atoms with Crippen LogP contribution in [0.4, 0.5) is 0 Å². The summed E-state index contributed by atoms with van der Waals surface area (Å²) in [6, 6.07) is 2.21. The molecule has 0 saturated carbocycles. The summed E-state index contributed by atoms with van der Waals surface area (Å²) in [5, 5.41) is 4.38. The maximum atomic E-state index is 4.17. The van der Waals surface area contributed by atoms with Crippen LogP contribution >= 0.6 is 24.0 Å². The molecular formula is C9H14S2. The summed E-state index contributed by atoms with van der Waals surface area (Å²) in [7, 11) is 0. The topological polar surface area (TPSA) is 0 Å². The van der Waals surface area contributed by atoms with E-state index in [2.05, 4.69) is 29.5 Å². The van der Waals surface area contributed by atoms with Crippen molar-refractivity contribution in [2.24, 2.45) is 0 Å². The average molecular weight is 186 g/mol. The van der Waals surface area contributed by atoms with Crippen LogP contribution in [-0.4, -0.2) is 5.75 Å². The quantitative estimate of drug-likeness (QED) is 0.529. The number of rotatable bonds is 5. The molecule has 11 heavy (non-hydrogen) atoms. The van der Waals surface area contributed by atoms with E-state index in [1.54, 1.807) is 11.3 Å². The van der Waals surface area contributed by atoms with Gasteiger partial charge in [0.05, 0.1) is 0 Å². The zero-order valence-electron chi connectivity index (χ0n) is 6.62. The third-order valence-corrected chi connectivity index (χ3v) is 2.75. The van der Waals surface area contributed by atoms with E-state index >= 15 is 0 Å². The highest BCUT2D eigenvalue weighted by Gasteiger charge is 1.92. The Hall–Kier alpha value is 0.0500. The van der Waals surface area contributed by atoms with Crippen LogP contribution in [0.15, 0.2) is 16.8 Å². The van der Waals surface area contributed by atoms with E-state index in [1.165, 1.54) is 31.2 Å². The first-order valence-corrected chi connectivity index (χ1v) is 5.63. The van der Waals surface area contributed by atoms with Crippen LogP contribution in [-0.2, 0) is 6.42 Å². The van der Waals surface area contributed by atoms with Gasteiger partial charge in [-0.3, -0.25) is 0 Å². The molecule has 0 fully saturated rings. The maximum Gasteiger partial charge on any atom is -0.00613 e. The highest BCUT2D eigenvalue weighted by molar-refractivity contribution is 7.80. The molecule has 1 heterocycles. The molecule has 0 unspecified atom stereocenters. The molecule has 0 bridgehead atoms. The fourth-order valence-electron chi connectivity index (χ4n) is 1.05. The predicted molar refractivity (Wildman–Crippen MR) is 55.7 cm³/mol. The van der Waals surface area contributed by atoms with E-state index in [0.29, 0.717) is 0 Å². The van der Waals surface area contributed by atoms with Gasteiger partial charge in [-0.25, -0.2) is 0 Å². The molecule has 0 aliphatic carbocycles. The van der Waals surface area contributed by atoms with E-state index < -0.39 is 0 Å². The van der Waals surface area contributed by atoms with Crippen LogP contribution < -0.4 is 0 Å². The fraction of sp³-hybridized carbons (Fsp3) is 0.556. The Morgan fingerprint density at radius 2 is 2.18 bits per heavy atom. The summed E-state index contributed by atoms with van der Waals surface area (Å²) in [4.78, 5) is 0. The smallest absolute Gasteiger partial charge is 0.00613 e. The number of unbranched alkanes of at least 4 members (excludes halogenated alkanes) is 2. The second-order valence-electron chi connectivity index (χ2n) is 2.67. The molecule has 0 radical (unpaired) electrons. The van der Waals surface area contributed by atoms with Crippen molar-refractivity contribution in [3.63, 3.8) is 0 Å². The first kappa shape index (κ1) is 9.14. The minimum Gasteiger partial charge on any atom is -0.179 e. The number of thiophene rings is 1. The van der Waals surface area contributed by atoms with E-state index in [0.717, 1.165) is 5.75 Å². The molecule has 0 atom stereocenters. The van der Waals surface area contributed by atoms with Gasteiger partial charge in [0.1, 0.15) is 0 Å². The van der Waals surface area contributed by atoms with Crippen LogP contribution in [0, 0.1) is 0 Å². The number of aryl methyl sites for hydroxylation is 1. The second kappa shape index (κ2) is 5.67. The number of thiol groups is 1. The average Bonchev–Trinajstić information content (AvgIpc) is 2.50. The molecule has 1 rings (SSSR count). The first-order chi connectivity index (χ1) is 5.43. The Balaban J connectivity index is 2.04. The van der Waals surface area contributed by atoms with Gasteiger partial charge in [-0.1, -0.05) is 6.42 Å². The lowest BCUT2D eigenvalue weighted by molar-refractivity contribution is 0.724. The summed E-state index contributed by atoms with van der Waals surface area (Å²) in [5.41, 5.74) is 1.49. The Labute approximate surface area is 78.1 Å². The highest BCUT2D eigenvalue weighted by atomic mass is 32.1. The lowest BCUT2D eigenvalue weighted by Gasteiger charge is -1.95. The van der Waals surface area contributed by atoms with Crippen molar-refractivity contribution in [3.05, 3.63) is 22.4 Å². The lowest BCUT2D eigenvalue weighted by atomic mass is 10.1. The lowest BCUT2D eigenvalue weighted by Crippen LogP contribution is -1.82. The molecule has 62 valence electrons. The molecule has 0 saturated heterocycles. The van der Waals surface area contributed by atoms with E-state index in [-0.39, 0.29) is 0 Å². The zero-order valence-corrected chi connectivity index (χ0v) is 8.33. The van der Waals surface area contributed by atoms with Crippen LogP contribution in [0.5, 0.6) is 0 Å². The summed E-state index contributed by atoms with van der Waals surface area (Å²) < 4.78 is 0. The molecule has 0 N–H and O–H groups in total. The minimum atomic E-state index is 1.03. The molecule has 0 nitrogen and oxygen atoms in total. The third-order valence-electron chi connectivity index (χ3n) is 1.70. The van der Waals surface area contributed by atoms with Gasteiger partial charge in [0.2, 0.25) is 0 Å². The molecule has 0 aromatic carbocycles. The molecule has 2 heteroatoms. The van der Waals surface area contributed by atoms with Crippen molar-refractivity contribution in [3.8, 4) is 0 Å². The fourth-order valence-corrected chi connectivity index (χ4v) is 1.98. The SMILES string of the molecule is SCCCCCc1ccsc1. The summed E-state index contributed by atoms with van der Waals surface area (Å²) in [6.45, 7) is 0. The summed E-state index contributed by atoms with van der Waals surface area (Å²) in [5.74, 6) is 1.03. The Morgan fingerprint density at radius 1 is 1.27 bits per heavy atom. The largest absolute Gasteiger partial charge is 0.179 e. The van der Waals surface area contributed by atoms with Gasteiger partial charge in [0, 0.05) is 0 Å². The van der Waals surface area contributed by atoms with Gasteiger partial charge < -0.3 is 0 Å². The van der Waals surface area contributed by atoms with Crippen molar-refractivity contribution in [2.75, 3.05) is 5.75 Å². The Morgan fingerprint density at radius 3 is 2.82 bits per heavy atom. The van der Waals surface area contributed by atoms with Gasteiger partial charge in [0.15, 0.2) is 0 Å². The van der Waals surface area contributed by atoms with Crippen LogP contribution in [0.2, 0.25) is 0 Å². The van der Waals surface area contributed by atoms with Crippen LogP contribution in [0.3, 0.4) is 0 Å². The van der Waals surface area contributed by atoms with Crippen LogP contribution in [0.1, 0.15) is 24.8 Å². The highest BCUT2D eigenvalue weighted by Crippen LogP contribution is 2.10. The predicted octanol–water partition coefficient (Wildman–Crippen LogP) is 3.39. The van der Waals surface area contributed by atoms with Crippen LogP contribution in [0.25, 0.3) is 0 Å². The molecule has 0 aliphatic rings. The van der Waals surface area contributed by atoms with Gasteiger partial charge in [-0.15, -0.1) is 0 Å². The van der Waals surface area contributed by atoms with E-state index in [9.17, 15) is 0 Å². The molecule has 1 aromatic heterocycles. The monoisotopic (exact) mass is 186 g/mol. The second-order valence-corrected chi connectivity index (χ2v) is 3.89. The maximum absolute atomic E-state index is 4.17. The summed E-state index contributed by atoms with van der Waals surface area (Å²) >= 11 is 5.96. The summed E-state index contributed by atoms with van der Waals surface area (Å²) in [6.07, 6.45) is 5.14. The molecule has 0 spiro atoms. The molecule has 1 aromatic rings. The van der Waals surface area contributed by atoms with Crippen molar-refractivity contribution in [2.45, 2.75) is 25.7 Å². The molecule has 0 amide bonds.